The zero-order chi connectivity index (χ0) is 6.69. The van der Waals surface area contributed by atoms with E-state index in [0.29, 0.717) is 6.04 Å². The fourth-order valence-corrected chi connectivity index (χ4v) is 1.25. The van der Waals surface area contributed by atoms with Crippen molar-refractivity contribution in [1.82, 2.24) is 4.90 Å². The van der Waals surface area contributed by atoms with E-state index < -0.39 is 0 Å². The summed E-state index contributed by atoms with van der Waals surface area (Å²) in [7, 11) is 0. The van der Waals surface area contributed by atoms with E-state index in [1.165, 1.54) is 0 Å². The van der Waals surface area contributed by atoms with Crippen LogP contribution in [0.2, 0.25) is 0 Å². The normalized spacial score (nSPS) is 24.0. The Morgan fingerprint density at radius 2 is 2.00 bits per heavy atom. The lowest BCUT2D eigenvalue weighted by Crippen LogP contribution is -2.30. The van der Waals surface area contributed by atoms with Crippen LogP contribution in [0.3, 0.4) is 0 Å². The van der Waals surface area contributed by atoms with Gasteiger partial charge >= 0.3 is 0 Å². The number of halogens is 2. The highest BCUT2D eigenvalue weighted by Gasteiger charge is 2.17. The third kappa shape index (κ3) is 4.82. The summed E-state index contributed by atoms with van der Waals surface area (Å²) in [6.07, 6.45) is 1.14. The van der Waals surface area contributed by atoms with Crippen LogP contribution in [0.1, 0.15) is 6.42 Å². The van der Waals surface area contributed by atoms with Crippen LogP contribution in [0, 0.1) is 0 Å². The summed E-state index contributed by atoms with van der Waals surface area (Å²) >= 11 is 0. The Labute approximate surface area is 80.3 Å². The van der Waals surface area contributed by atoms with E-state index in [1.807, 2.05) is 0 Å². The molecule has 0 saturated carbocycles. The van der Waals surface area contributed by atoms with E-state index in [-0.39, 0.29) is 24.8 Å². The first kappa shape index (κ1) is 14.0. The van der Waals surface area contributed by atoms with Crippen molar-refractivity contribution in [3.8, 4) is 0 Å². The molecule has 1 aliphatic heterocycles. The van der Waals surface area contributed by atoms with Gasteiger partial charge in [0.05, 0.1) is 0 Å². The van der Waals surface area contributed by atoms with Crippen LogP contribution < -0.4 is 11.5 Å². The van der Waals surface area contributed by atoms with Gasteiger partial charge in [0.15, 0.2) is 0 Å². The summed E-state index contributed by atoms with van der Waals surface area (Å²) in [5.74, 6) is 0. The fourth-order valence-electron chi connectivity index (χ4n) is 1.25. The van der Waals surface area contributed by atoms with Gasteiger partial charge in [0.2, 0.25) is 0 Å². The molecule has 1 fully saturated rings. The summed E-state index contributed by atoms with van der Waals surface area (Å²) < 4.78 is 0. The molecule has 1 rings (SSSR count). The highest BCUT2D eigenvalue weighted by Crippen LogP contribution is 2.04. The van der Waals surface area contributed by atoms with Crippen molar-refractivity contribution in [2.45, 2.75) is 12.5 Å². The summed E-state index contributed by atoms with van der Waals surface area (Å²) in [5, 5.41) is 0. The van der Waals surface area contributed by atoms with Crippen LogP contribution in [0.4, 0.5) is 0 Å². The molecule has 0 radical (unpaired) electrons. The SMILES string of the molecule is Cl.Cl.NCCN1CCC(N)C1. The van der Waals surface area contributed by atoms with Gasteiger partial charge in [0.25, 0.3) is 0 Å². The summed E-state index contributed by atoms with van der Waals surface area (Å²) in [6.45, 7) is 3.94. The largest absolute Gasteiger partial charge is 0.329 e. The number of likely N-dealkylation sites (tertiary alicyclic amines) is 1. The molecule has 4 N–H and O–H groups in total. The second kappa shape index (κ2) is 7.13. The van der Waals surface area contributed by atoms with Gasteiger partial charge in [0.1, 0.15) is 0 Å². The molecular weight excluding hydrogens is 185 g/mol. The molecule has 0 aromatic carbocycles. The average molecular weight is 202 g/mol. The van der Waals surface area contributed by atoms with E-state index in [2.05, 4.69) is 4.90 Å². The lowest BCUT2D eigenvalue weighted by atomic mass is 10.3. The zero-order valence-electron chi connectivity index (χ0n) is 6.53. The van der Waals surface area contributed by atoms with Crippen molar-refractivity contribution in [3.63, 3.8) is 0 Å². The van der Waals surface area contributed by atoms with Crippen LogP contribution >= 0.6 is 24.8 Å². The fraction of sp³-hybridized carbons (Fsp3) is 1.00. The van der Waals surface area contributed by atoms with E-state index in [4.69, 9.17) is 11.5 Å². The summed E-state index contributed by atoms with van der Waals surface area (Å²) in [6, 6.07) is 0.400. The minimum Gasteiger partial charge on any atom is -0.329 e. The topological polar surface area (TPSA) is 55.3 Å². The van der Waals surface area contributed by atoms with E-state index >= 15 is 0 Å². The van der Waals surface area contributed by atoms with Crippen molar-refractivity contribution >= 4 is 24.8 Å². The Hall–Kier alpha value is 0.460. The Bertz CT molecular complexity index is 89.9. The molecular formula is C6H17Cl2N3. The smallest absolute Gasteiger partial charge is 0.0180 e. The van der Waals surface area contributed by atoms with Crippen LogP contribution in [-0.4, -0.2) is 37.1 Å². The Morgan fingerprint density at radius 3 is 2.36 bits per heavy atom. The highest BCUT2D eigenvalue weighted by atomic mass is 35.5. The second-order valence-corrected chi connectivity index (χ2v) is 2.64. The molecule has 1 heterocycles. The van der Waals surface area contributed by atoms with Crippen LogP contribution in [-0.2, 0) is 0 Å². The van der Waals surface area contributed by atoms with E-state index in [1.54, 1.807) is 0 Å². The Morgan fingerprint density at radius 1 is 1.36 bits per heavy atom. The van der Waals surface area contributed by atoms with Crippen LogP contribution in [0.15, 0.2) is 0 Å². The Kier molecular flexibility index (Phi) is 9.08. The van der Waals surface area contributed by atoms with Crippen molar-refractivity contribution in [3.05, 3.63) is 0 Å². The van der Waals surface area contributed by atoms with Gasteiger partial charge in [-0.25, -0.2) is 0 Å². The molecule has 1 aliphatic rings. The van der Waals surface area contributed by atoms with Gasteiger partial charge in [-0.2, -0.15) is 0 Å². The van der Waals surface area contributed by atoms with Crippen molar-refractivity contribution in [2.75, 3.05) is 26.2 Å². The van der Waals surface area contributed by atoms with Crippen molar-refractivity contribution in [2.24, 2.45) is 11.5 Å². The molecule has 0 aromatic rings. The molecule has 11 heavy (non-hydrogen) atoms. The molecule has 1 saturated heterocycles. The van der Waals surface area contributed by atoms with E-state index in [0.717, 1.165) is 32.6 Å². The maximum atomic E-state index is 5.67. The number of rotatable bonds is 2. The number of hydrogen-bond acceptors (Lipinski definition) is 3. The maximum Gasteiger partial charge on any atom is 0.0180 e. The standard InChI is InChI=1S/C6H15N3.2ClH/c7-2-4-9-3-1-6(8)5-9;;/h6H,1-5,7-8H2;2*1H. The predicted octanol–water partition coefficient (Wildman–Crippen LogP) is -0.178. The third-order valence-corrected chi connectivity index (χ3v) is 1.75. The van der Waals surface area contributed by atoms with Crippen molar-refractivity contribution in [1.29, 1.82) is 0 Å². The number of nitrogens with two attached hydrogens (primary N) is 2. The number of hydrogen-bond donors (Lipinski definition) is 2. The monoisotopic (exact) mass is 201 g/mol. The Balaban J connectivity index is 0. The minimum atomic E-state index is 0. The van der Waals surface area contributed by atoms with Crippen LogP contribution in [0.25, 0.3) is 0 Å². The molecule has 3 nitrogen and oxygen atoms in total. The lowest BCUT2D eigenvalue weighted by Gasteiger charge is -2.12. The van der Waals surface area contributed by atoms with Crippen molar-refractivity contribution < 1.29 is 0 Å². The predicted molar refractivity (Wildman–Crippen MR) is 52.6 cm³/mol. The van der Waals surface area contributed by atoms with Gasteiger partial charge in [0, 0.05) is 25.7 Å². The van der Waals surface area contributed by atoms with Crippen LogP contribution in [0.5, 0.6) is 0 Å². The summed E-state index contributed by atoms with van der Waals surface area (Å²) in [5.41, 5.74) is 11.0. The molecule has 70 valence electrons. The first-order valence-electron chi connectivity index (χ1n) is 3.51. The maximum absolute atomic E-state index is 5.67. The van der Waals surface area contributed by atoms with Gasteiger partial charge in [-0.3, -0.25) is 0 Å². The molecule has 0 aromatic heterocycles. The third-order valence-electron chi connectivity index (χ3n) is 1.75. The lowest BCUT2D eigenvalue weighted by molar-refractivity contribution is 0.344. The van der Waals surface area contributed by atoms with Gasteiger partial charge in [-0.15, -0.1) is 24.8 Å². The van der Waals surface area contributed by atoms with Gasteiger partial charge in [-0.05, 0) is 13.0 Å². The second-order valence-electron chi connectivity index (χ2n) is 2.64. The molecule has 5 heteroatoms. The van der Waals surface area contributed by atoms with E-state index in [9.17, 15) is 0 Å². The minimum absolute atomic E-state index is 0. The molecule has 0 spiro atoms. The zero-order valence-corrected chi connectivity index (χ0v) is 8.16. The number of nitrogens with zero attached hydrogens (tertiary/aromatic N) is 1. The molecule has 1 unspecified atom stereocenters. The molecule has 0 aliphatic carbocycles. The van der Waals surface area contributed by atoms with Gasteiger partial charge < -0.3 is 16.4 Å². The first-order valence-corrected chi connectivity index (χ1v) is 3.51. The molecule has 0 bridgehead atoms. The molecule has 0 amide bonds. The summed E-state index contributed by atoms with van der Waals surface area (Å²) in [4.78, 5) is 2.31. The average Bonchev–Trinajstić information content (AvgIpc) is 2.17. The molecule has 1 atom stereocenters. The highest BCUT2D eigenvalue weighted by molar-refractivity contribution is 5.85. The first-order chi connectivity index (χ1) is 4.33. The van der Waals surface area contributed by atoms with Gasteiger partial charge in [-0.1, -0.05) is 0 Å². The quantitative estimate of drug-likeness (QED) is 0.653.